The van der Waals surface area contributed by atoms with E-state index in [9.17, 15) is 19.8 Å². The largest absolute Gasteiger partial charge is 0.508 e. The molecule has 35 heavy (non-hydrogen) atoms. The molecule has 0 aliphatic carbocycles. The predicted octanol–water partition coefficient (Wildman–Crippen LogP) is 4.72. The topological polar surface area (TPSA) is 90.3 Å². The van der Waals surface area contributed by atoms with E-state index in [2.05, 4.69) is 11.8 Å². The lowest BCUT2D eigenvalue weighted by Crippen LogP contribution is -2.38. The van der Waals surface area contributed by atoms with E-state index in [1.165, 1.54) is 17.0 Å². The lowest BCUT2D eigenvalue weighted by Gasteiger charge is -2.28. The highest BCUT2D eigenvalue weighted by molar-refractivity contribution is 6.46. The summed E-state index contributed by atoms with van der Waals surface area (Å²) >= 11 is 0. The maximum absolute atomic E-state index is 13.1. The highest BCUT2D eigenvalue weighted by Gasteiger charge is 2.45. The van der Waals surface area contributed by atoms with E-state index < -0.39 is 17.7 Å². The summed E-state index contributed by atoms with van der Waals surface area (Å²) < 4.78 is 5.75. The molecule has 0 spiro atoms. The van der Waals surface area contributed by atoms with Crippen LogP contribution in [-0.4, -0.2) is 64.5 Å². The number of Topliss-reactive ketones (excluding diaryl/α,β-unsaturated/α-hetero) is 1. The van der Waals surface area contributed by atoms with Gasteiger partial charge in [-0.25, -0.2) is 0 Å². The van der Waals surface area contributed by atoms with Crippen molar-refractivity contribution >= 4 is 17.4 Å². The first-order valence-corrected chi connectivity index (χ1v) is 12.4. The highest BCUT2D eigenvalue weighted by atomic mass is 16.5. The molecule has 1 heterocycles. The quantitative estimate of drug-likeness (QED) is 0.198. The first kappa shape index (κ1) is 26.3. The highest BCUT2D eigenvalue weighted by Crippen LogP contribution is 2.39. The lowest BCUT2D eigenvalue weighted by molar-refractivity contribution is -0.140. The number of aliphatic hydroxyl groups is 1. The number of hydrogen-bond donors (Lipinski definition) is 2. The van der Waals surface area contributed by atoms with Crippen LogP contribution in [0.3, 0.4) is 0 Å². The summed E-state index contributed by atoms with van der Waals surface area (Å²) in [6.07, 6.45) is 3.19. The van der Waals surface area contributed by atoms with Crippen LogP contribution < -0.4 is 4.74 Å². The van der Waals surface area contributed by atoms with Crippen LogP contribution in [0.4, 0.5) is 0 Å². The van der Waals surface area contributed by atoms with Crippen molar-refractivity contribution in [3.63, 3.8) is 0 Å². The zero-order valence-electron chi connectivity index (χ0n) is 20.9. The van der Waals surface area contributed by atoms with Gasteiger partial charge in [0.2, 0.25) is 0 Å². The molecule has 188 valence electrons. The van der Waals surface area contributed by atoms with E-state index in [4.69, 9.17) is 4.74 Å². The van der Waals surface area contributed by atoms with E-state index in [-0.39, 0.29) is 17.1 Å². The van der Waals surface area contributed by atoms with Crippen molar-refractivity contribution in [2.45, 2.75) is 46.1 Å². The van der Waals surface area contributed by atoms with Gasteiger partial charge >= 0.3 is 0 Å². The Morgan fingerprint density at radius 2 is 1.63 bits per heavy atom. The third kappa shape index (κ3) is 6.22. The molecule has 1 aliphatic rings. The summed E-state index contributed by atoms with van der Waals surface area (Å²) in [4.78, 5) is 29.9. The number of aliphatic hydroxyl groups excluding tert-OH is 1. The number of likely N-dealkylation sites (tertiary alicyclic amines) is 1. The molecule has 0 aromatic heterocycles. The summed E-state index contributed by atoms with van der Waals surface area (Å²) in [5.74, 6) is -0.784. The van der Waals surface area contributed by atoms with E-state index in [1.54, 1.807) is 36.4 Å². The minimum absolute atomic E-state index is 0.0526. The van der Waals surface area contributed by atoms with Crippen LogP contribution in [0.5, 0.6) is 11.5 Å². The van der Waals surface area contributed by atoms with E-state index in [0.29, 0.717) is 36.6 Å². The Kier molecular flexibility index (Phi) is 9.32. The molecule has 0 saturated carbocycles. The fraction of sp³-hybridized carbons (Fsp3) is 0.429. The Morgan fingerprint density at radius 1 is 0.971 bits per heavy atom. The van der Waals surface area contributed by atoms with Crippen LogP contribution in [0, 0.1) is 0 Å². The SMILES string of the molecule is CCCCCOc1ccc(/C(O)=C2/C(=O)C(=O)N(CCN(CC)CC)C2c2ccc(O)cc2)cc1. The Hall–Kier alpha value is -3.32. The van der Waals surface area contributed by atoms with Gasteiger partial charge in [0.1, 0.15) is 17.3 Å². The average Bonchev–Trinajstić information content (AvgIpc) is 3.12. The molecule has 2 aromatic rings. The molecule has 1 atom stereocenters. The maximum Gasteiger partial charge on any atom is 0.295 e. The molecule has 1 saturated heterocycles. The van der Waals surface area contributed by atoms with Gasteiger partial charge in [0.15, 0.2) is 0 Å². The minimum Gasteiger partial charge on any atom is -0.508 e. The van der Waals surface area contributed by atoms with Crippen LogP contribution in [0.1, 0.15) is 57.2 Å². The van der Waals surface area contributed by atoms with Crippen molar-refractivity contribution in [1.82, 2.24) is 9.80 Å². The second-order valence-electron chi connectivity index (χ2n) is 8.69. The van der Waals surface area contributed by atoms with E-state index in [1.807, 2.05) is 13.8 Å². The molecule has 7 nitrogen and oxygen atoms in total. The van der Waals surface area contributed by atoms with Gasteiger partial charge < -0.3 is 24.7 Å². The Labute approximate surface area is 207 Å². The van der Waals surface area contributed by atoms with Gasteiger partial charge in [-0.1, -0.05) is 45.7 Å². The molecule has 1 aliphatic heterocycles. The number of likely N-dealkylation sites (N-methyl/N-ethyl adjacent to an activating group) is 1. The number of rotatable bonds is 12. The van der Waals surface area contributed by atoms with Crippen LogP contribution in [0.25, 0.3) is 5.76 Å². The number of phenolic OH excluding ortho intramolecular Hbond substituents is 1. The molecule has 1 fully saturated rings. The summed E-state index contributed by atoms with van der Waals surface area (Å²) in [7, 11) is 0. The molecule has 0 radical (unpaired) electrons. The molecule has 3 rings (SSSR count). The molecule has 1 amide bonds. The monoisotopic (exact) mass is 480 g/mol. The summed E-state index contributed by atoms with van der Waals surface area (Å²) in [5.41, 5.74) is 1.15. The molecular weight excluding hydrogens is 444 g/mol. The third-order valence-electron chi connectivity index (χ3n) is 6.44. The molecule has 7 heteroatoms. The first-order chi connectivity index (χ1) is 16.9. The normalized spacial score (nSPS) is 17.4. The smallest absolute Gasteiger partial charge is 0.295 e. The number of hydrogen-bond acceptors (Lipinski definition) is 6. The number of carbonyl (C=O) groups excluding carboxylic acids is 2. The number of phenols is 1. The van der Waals surface area contributed by atoms with Gasteiger partial charge in [-0.2, -0.15) is 0 Å². The number of nitrogens with zero attached hydrogens (tertiary/aromatic N) is 2. The van der Waals surface area contributed by atoms with Crippen LogP contribution in [0.2, 0.25) is 0 Å². The molecular formula is C28H36N2O5. The molecule has 1 unspecified atom stereocenters. The van der Waals surface area contributed by atoms with Crippen molar-refractivity contribution in [3.05, 3.63) is 65.2 Å². The maximum atomic E-state index is 13.1. The van der Waals surface area contributed by atoms with Gasteiger partial charge in [-0.15, -0.1) is 0 Å². The summed E-state index contributed by atoms with van der Waals surface area (Å²) in [5, 5.41) is 21.0. The minimum atomic E-state index is -0.740. The van der Waals surface area contributed by atoms with Crippen molar-refractivity contribution < 1.29 is 24.5 Å². The molecule has 2 N–H and O–H groups in total. The van der Waals surface area contributed by atoms with Gasteiger partial charge in [-0.3, -0.25) is 9.59 Å². The Bertz CT molecular complexity index is 1030. The standard InChI is InChI=1S/C28H36N2O5/c1-4-7-8-19-35-23-15-11-21(12-16-23)26(32)24-25(20-9-13-22(31)14-10-20)30(28(34)27(24)33)18-17-29(5-2)6-3/h9-16,25,31-32H,4-8,17-19H2,1-3H3/b26-24-. The number of carbonyl (C=O) groups is 2. The van der Waals surface area contributed by atoms with E-state index >= 15 is 0 Å². The first-order valence-electron chi connectivity index (χ1n) is 12.4. The van der Waals surface area contributed by atoms with Crippen LogP contribution in [-0.2, 0) is 9.59 Å². The second-order valence-corrected chi connectivity index (χ2v) is 8.69. The summed E-state index contributed by atoms with van der Waals surface area (Å²) in [6.45, 7) is 9.47. The Morgan fingerprint density at radius 3 is 2.23 bits per heavy atom. The molecule has 2 aromatic carbocycles. The van der Waals surface area contributed by atoms with Crippen LogP contribution in [0.15, 0.2) is 54.1 Å². The fourth-order valence-corrected chi connectivity index (χ4v) is 4.31. The lowest BCUT2D eigenvalue weighted by atomic mass is 9.95. The van der Waals surface area contributed by atoms with Crippen molar-refractivity contribution in [2.24, 2.45) is 0 Å². The average molecular weight is 481 g/mol. The second kappa shape index (κ2) is 12.4. The van der Waals surface area contributed by atoms with Crippen molar-refractivity contribution in [3.8, 4) is 11.5 Å². The van der Waals surface area contributed by atoms with Gasteiger partial charge in [0, 0.05) is 18.7 Å². The summed E-state index contributed by atoms with van der Waals surface area (Å²) in [6, 6.07) is 12.6. The van der Waals surface area contributed by atoms with Gasteiger partial charge in [0.05, 0.1) is 18.2 Å². The third-order valence-corrected chi connectivity index (χ3v) is 6.44. The Balaban J connectivity index is 1.94. The van der Waals surface area contributed by atoms with Gasteiger partial charge in [-0.05, 0) is 61.5 Å². The zero-order valence-corrected chi connectivity index (χ0v) is 20.9. The van der Waals surface area contributed by atoms with Crippen LogP contribution >= 0.6 is 0 Å². The van der Waals surface area contributed by atoms with E-state index in [0.717, 1.165) is 32.4 Å². The predicted molar refractivity (Wildman–Crippen MR) is 136 cm³/mol. The molecule has 0 bridgehead atoms. The number of ketones is 1. The van der Waals surface area contributed by atoms with Gasteiger partial charge in [0.25, 0.3) is 11.7 Å². The number of ether oxygens (including phenoxy) is 1. The zero-order chi connectivity index (χ0) is 25.4. The number of benzene rings is 2. The number of amides is 1. The number of aromatic hydroxyl groups is 1. The van der Waals surface area contributed by atoms with Crippen molar-refractivity contribution in [2.75, 3.05) is 32.8 Å². The van der Waals surface area contributed by atoms with Crippen molar-refractivity contribution in [1.29, 1.82) is 0 Å². The number of unbranched alkanes of at least 4 members (excludes halogenated alkanes) is 2. The fourth-order valence-electron chi connectivity index (χ4n) is 4.31.